The van der Waals surface area contributed by atoms with Gasteiger partial charge in [0.25, 0.3) is 0 Å². The van der Waals surface area contributed by atoms with E-state index in [-0.39, 0.29) is 22.4 Å². The normalized spacial score (nSPS) is 20.3. The van der Waals surface area contributed by atoms with E-state index in [1.165, 1.54) is 12.5 Å². The first-order valence-corrected chi connectivity index (χ1v) is 8.42. The van der Waals surface area contributed by atoms with Crippen LogP contribution < -0.4 is 11.1 Å². The number of hydrogen-bond acceptors (Lipinski definition) is 5. The smallest absolute Gasteiger partial charge is 0.164 e. The minimum Gasteiger partial charge on any atom is -0.398 e. The second-order valence-corrected chi connectivity index (χ2v) is 7.03. The molecule has 6 heteroatoms. The van der Waals surface area contributed by atoms with Gasteiger partial charge in [0.15, 0.2) is 5.78 Å². The Bertz CT molecular complexity index is 972. The van der Waals surface area contributed by atoms with Gasteiger partial charge in [-0.25, -0.2) is 9.37 Å². The van der Waals surface area contributed by atoms with Crippen LogP contribution in [0.2, 0.25) is 0 Å². The molecule has 0 amide bonds. The molecule has 1 fully saturated rings. The lowest BCUT2D eigenvalue weighted by Crippen LogP contribution is -2.38. The number of nitrogens with two attached hydrogens (primary N) is 1. The summed E-state index contributed by atoms with van der Waals surface area (Å²) in [6.07, 6.45) is 5.21. The van der Waals surface area contributed by atoms with E-state index in [9.17, 15) is 9.18 Å². The lowest BCUT2D eigenvalue weighted by molar-refractivity contribution is 0.101. The van der Waals surface area contributed by atoms with Gasteiger partial charge < -0.3 is 11.1 Å². The highest BCUT2D eigenvalue weighted by atomic mass is 19.1. The van der Waals surface area contributed by atoms with E-state index in [0.29, 0.717) is 11.1 Å². The molecule has 1 saturated carbocycles. The summed E-state index contributed by atoms with van der Waals surface area (Å²) in [6.45, 7) is 5.62. The highest BCUT2D eigenvalue weighted by Crippen LogP contribution is 2.53. The quantitative estimate of drug-likeness (QED) is 0.502. The number of hydrogen-bond donors (Lipinski definition) is 2. The summed E-state index contributed by atoms with van der Waals surface area (Å²) in [4.78, 5) is 20.1. The van der Waals surface area contributed by atoms with E-state index in [4.69, 9.17) is 5.73 Å². The number of aliphatic imine (C=N–C) groups is 1. The summed E-state index contributed by atoms with van der Waals surface area (Å²) in [5, 5.41) is 3.34. The molecule has 1 aromatic heterocycles. The topological polar surface area (TPSA) is 80.4 Å². The van der Waals surface area contributed by atoms with E-state index in [1.54, 1.807) is 24.5 Å². The molecule has 5 nitrogen and oxygen atoms in total. The fourth-order valence-electron chi connectivity index (χ4n) is 4.03. The third-order valence-corrected chi connectivity index (χ3v) is 5.30. The van der Waals surface area contributed by atoms with Crippen LogP contribution in [0.3, 0.4) is 0 Å². The Labute approximate surface area is 150 Å². The third-order valence-electron chi connectivity index (χ3n) is 5.30. The summed E-state index contributed by atoms with van der Waals surface area (Å²) < 4.78 is 14.9. The molecule has 26 heavy (non-hydrogen) atoms. The van der Waals surface area contributed by atoms with Gasteiger partial charge >= 0.3 is 0 Å². The van der Waals surface area contributed by atoms with Crippen molar-refractivity contribution in [1.29, 1.82) is 0 Å². The Hall–Kier alpha value is -3.02. The van der Waals surface area contributed by atoms with Crippen molar-refractivity contribution in [3.05, 3.63) is 53.1 Å². The average molecular weight is 350 g/mol. The summed E-state index contributed by atoms with van der Waals surface area (Å²) in [7, 11) is 0. The highest BCUT2D eigenvalue weighted by Gasteiger charge is 2.47. The largest absolute Gasteiger partial charge is 0.398 e. The SMILES string of the molecule is C=NC=C1CC2(CNc3ncc(-c4ccc(N)c(C(C)=O)c4F)cc32)C1. The van der Waals surface area contributed by atoms with Gasteiger partial charge in [-0.2, -0.15) is 0 Å². The number of Topliss-reactive ketones (excluding diaryl/α,β-unsaturated/α-hetero) is 1. The number of halogens is 1. The van der Waals surface area contributed by atoms with Crippen molar-refractivity contribution in [3.8, 4) is 11.1 Å². The second-order valence-electron chi connectivity index (χ2n) is 7.03. The number of anilines is 2. The van der Waals surface area contributed by atoms with Gasteiger partial charge in [0.2, 0.25) is 0 Å². The number of carbonyl (C=O) groups excluding carboxylic acids is 1. The molecule has 1 aromatic carbocycles. The first-order chi connectivity index (χ1) is 12.4. The Morgan fingerprint density at radius 3 is 2.92 bits per heavy atom. The number of aromatic nitrogens is 1. The fourth-order valence-corrected chi connectivity index (χ4v) is 4.03. The molecule has 0 unspecified atom stereocenters. The van der Waals surface area contributed by atoms with Gasteiger partial charge in [0.05, 0.1) is 5.56 Å². The highest BCUT2D eigenvalue weighted by molar-refractivity contribution is 6.00. The lowest BCUT2D eigenvalue weighted by atomic mass is 9.63. The van der Waals surface area contributed by atoms with Gasteiger partial charge in [0, 0.05) is 46.7 Å². The summed E-state index contributed by atoms with van der Waals surface area (Å²) in [5.74, 6) is -0.147. The van der Waals surface area contributed by atoms with Crippen LogP contribution in [-0.2, 0) is 5.41 Å². The van der Waals surface area contributed by atoms with Crippen LogP contribution in [0.15, 0.2) is 41.2 Å². The molecule has 0 saturated heterocycles. The van der Waals surface area contributed by atoms with Crippen molar-refractivity contribution in [2.45, 2.75) is 25.2 Å². The molecule has 0 bridgehead atoms. The zero-order valence-electron chi connectivity index (χ0n) is 14.5. The Morgan fingerprint density at radius 2 is 2.23 bits per heavy atom. The molecule has 0 atom stereocenters. The maximum Gasteiger partial charge on any atom is 0.164 e. The monoisotopic (exact) mass is 350 g/mol. The number of nitrogens with zero attached hydrogens (tertiary/aromatic N) is 2. The van der Waals surface area contributed by atoms with E-state index in [1.807, 2.05) is 6.07 Å². The van der Waals surface area contributed by atoms with Gasteiger partial charge in [0.1, 0.15) is 11.6 Å². The van der Waals surface area contributed by atoms with Crippen molar-refractivity contribution in [2.75, 3.05) is 17.6 Å². The van der Waals surface area contributed by atoms with Crippen molar-refractivity contribution in [2.24, 2.45) is 4.99 Å². The van der Waals surface area contributed by atoms with Crippen LogP contribution in [0.4, 0.5) is 15.9 Å². The molecule has 1 aliphatic heterocycles. The van der Waals surface area contributed by atoms with Crippen LogP contribution >= 0.6 is 0 Å². The molecule has 0 radical (unpaired) electrons. The van der Waals surface area contributed by atoms with Gasteiger partial charge in [-0.05, 0) is 44.7 Å². The number of benzene rings is 1. The standard InChI is InChI=1S/C20H19FN4O/c1-11(26)17-16(22)4-3-14(18(17)21)13-5-15-19(24-9-13)25-10-20(15)6-12(7-20)8-23-2/h3-5,8-9H,2,6-7,10,22H2,1H3,(H,24,25). The maximum atomic E-state index is 14.9. The van der Waals surface area contributed by atoms with Gasteiger partial charge in [-0.15, -0.1) is 0 Å². The zero-order chi connectivity index (χ0) is 18.5. The minimum atomic E-state index is -0.593. The molecular formula is C20H19FN4O. The van der Waals surface area contributed by atoms with Crippen LogP contribution in [0.25, 0.3) is 11.1 Å². The predicted octanol–water partition coefficient (Wildman–Crippen LogP) is 3.71. The lowest BCUT2D eigenvalue weighted by Gasteiger charge is -2.40. The van der Waals surface area contributed by atoms with Crippen molar-refractivity contribution in [1.82, 2.24) is 4.98 Å². The number of allylic oxidation sites excluding steroid dienone is 1. The Morgan fingerprint density at radius 1 is 1.46 bits per heavy atom. The molecule has 2 aromatic rings. The van der Waals surface area contributed by atoms with Crippen LogP contribution in [0, 0.1) is 5.82 Å². The summed E-state index contributed by atoms with van der Waals surface area (Å²) >= 11 is 0. The Balaban J connectivity index is 1.78. The van der Waals surface area contributed by atoms with E-state index in [2.05, 4.69) is 22.0 Å². The molecule has 2 heterocycles. The Kier molecular flexibility index (Phi) is 3.64. The third kappa shape index (κ3) is 2.33. The summed E-state index contributed by atoms with van der Waals surface area (Å²) in [5.41, 5.74) is 9.14. The van der Waals surface area contributed by atoms with E-state index >= 15 is 0 Å². The van der Waals surface area contributed by atoms with Crippen LogP contribution in [0.1, 0.15) is 35.7 Å². The van der Waals surface area contributed by atoms with Gasteiger partial charge in [-0.3, -0.25) is 9.79 Å². The van der Waals surface area contributed by atoms with Crippen LogP contribution in [-0.4, -0.2) is 24.0 Å². The van der Waals surface area contributed by atoms with Crippen molar-refractivity contribution >= 4 is 24.0 Å². The molecule has 3 N–H and O–H groups in total. The second kappa shape index (κ2) is 5.76. The molecule has 132 valence electrons. The van der Waals surface area contributed by atoms with E-state index < -0.39 is 5.82 Å². The van der Waals surface area contributed by atoms with Crippen molar-refractivity contribution < 1.29 is 9.18 Å². The summed E-state index contributed by atoms with van der Waals surface area (Å²) in [6, 6.07) is 5.14. The molecule has 2 aliphatic rings. The predicted molar refractivity (Wildman–Crippen MR) is 101 cm³/mol. The number of pyridine rings is 1. The number of rotatable bonds is 3. The molecule has 1 spiro atoms. The number of nitrogen functional groups attached to an aromatic ring is 1. The number of fused-ring (bicyclic) bond motifs is 2. The fraction of sp³-hybridized carbons (Fsp3) is 0.250. The number of carbonyl (C=O) groups is 1. The number of ketones is 1. The van der Waals surface area contributed by atoms with E-state index in [0.717, 1.165) is 30.8 Å². The first kappa shape index (κ1) is 16.4. The van der Waals surface area contributed by atoms with Gasteiger partial charge in [-0.1, -0.05) is 5.57 Å². The molecule has 4 rings (SSSR count). The first-order valence-electron chi connectivity index (χ1n) is 8.42. The van der Waals surface area contributed by atoms with Crippen LogP contribution in [0.5, 0.6) is 0 Å². The number of nitrogens with one attached hydrogen (secondary N) is 1. The average Bonchev–Trinajstić information content (AvgIpc) is 2.94. The maximum absolute atomic E-state index is 14.9. The molecular weight excluding hydrogens is 331 g/mol. The minimum absolute atomic E-state index is 0.0252. The molecule has 1 aliphatic carbocycles. The zero-order valence-corrected chi connectivity index (χ0v) is 14.5. The van der Waals surface area contributed by atoms with Crippen molar-refractivity contribution in [3.63, 3.8) is 0 Å².